The SMILES string of the molecule is Nc1ncccc1-c1nc2ncc(-c3ccc(F)cc3)cc2n1-c1ccc(CO)cc1. The van der Waals surface area contributed by atoms with E-state index < -0.39 is 0 Å². The highest BCUT2D eigenvalue weighted by molar-refractivity contribution is 5.86. The van der Waals surface area contributed by atoms with Crippen LogP contribution in [-0.4, -0.2) is 24.6 Å². The quantitative estimate of drug-likeness (QED) is 0.459. The number of hydrogen-bond acceptors (Lipinski definition) is 5. The molecule has 3 aromatic heterocycles. The van der Waals surface area contributed by atoms with E-state index >= 15 is 0 Å². The summed E-state index contributed by atoms with van der Waals surface area (Å²) in [6.07, 6.45) is 3.35. The summed E-state index contributed by atoms with van der Waals surface area (Å²) in [7, 11) is 0. The number of rotatable bonds is 4. The zero-order valence-electron chi connectivity index (χ0n) is 16.4. The maximum absolute atomic E-state index is 13.4. The Hall–Kier alpha value is -4.10. The minimum Gasteiger partial charge on any atom is -0.392 e. The number of hydrogen-bond donors (Lipinski definition) is 2. The minimum atomic E-state index is -0.291. The molecular weight excluding hydrogens is 393 g/mol. The Morgan fingerprint density at radius 2 is 1.71 bits per heavy atom. The van der Waals surface area contributed by atoms with Crippen LogP contribution in [0, 0.1) is 5.82 Å². The standard InChI is InChI=1S/C24H18FN5O/c25-18-7-5-16(6-8-18)17-12-21-23(28-13-17)29-24(20-2-1-11-27-22(20)26)30(21)19-9-3-15(14-31)4-10-19/h1-13,31H,14H2,(H2,26,27). The average Bonchev–Trinajstić information content (AvgIpc) is 3.18. The molecule has 31 heavy (non-hydrogen) atoms. The topological polar surface area (TPSA) is 89.9 Å². The van der Waals surface area contributed by atoms with Crippen molar-refractivity contribution < 1.29 is 9.50 Å². The maximum atomic E-state index is 13.4. The molecule has 0 bridgehead atoms. The Labute approximate surface area is 177 Å². The number of nitrogens with two attached hydrogens (primary N) is 1. The van der Waals surface area contributed by atoms with E-state index in [2.05, 4.69) is 9.97 Å². The molecule has 0 atom stereocenters. The van der Waals surface area contributed by atoms with Gasteiger partial charge in [0, 0.05) is 23.6 Å². The highest BCUT2D eigenvalue weighted by atomic mass is 19.1. The fourth-order valence-electron chi connectivity index (χ4n) is 3.56. The van der Waals surface area contributed by atoms with Gasteiger partial charge < -0.3 is 10.8 Å². The van der Waals surface area contributed by atoms with Gasteiger partial charge in [-0.15, -0.1) is 0 Å². The largest absolute Gasteiger partial charge is 0.392 e. The summed E-state index contributed by atoms with van der Waals surface area (Å²) >= 11 is 0. The van der Waals surface area contributed by atoms with E-state index in [9.17, 15) is 9.50 Å². The maximum Gasteiger partial charge on any atom is 0.178 e. The van der Waals surface area contributed by atoms with Crippen LogP contribution >= 0.6 is 0 Å². The summed E-state index contributed by atoms with van der Waals surface area (Å²) in [5, 5.41) is 9.40. The number of imidazole rings is 1. The van der Waals surface area contributed by atoms with Gasteiger partial charge in [0.2, 0.25) is 0 Å². The van der Waals surface area contributed by atoms with Crippen LogP contribution in [0.5, 0.6) is 0 Å². The number of aromatic nitrogens is 4. The second-order valence-corrected chi connectivity index (χ2v) is 7.11. The van der Waals surface area contributed by atoms with Gasteiger partial charge in [0.1, 0.15) is 11.6 Å². The molecule has 5 rings (SSSR count). The predicted molar refractivity (Wildman–Crippen MR) is 118 cm³/mol. The number of fused-ring (bicyclic) bond motifs is 1. The first kappa shape index (κ1) is 18.9. The van der Waals surface area contributed by atoms with E-state index in [1.165, 1.54) is 12.1 Å². The van der Waals surface area contributed by atoms with Crippen LogP contribution in [0.15, 0.2) is 79.1 Å². The number of anilines is 1. The Bertz CT molecular complexity index is 1380. The van der Waals surface area contributed by atoms with E-state index in [-0.39, 0.29) is 12.4 Å². The molecular formula is C24H18FN5O. The molecule has 6 nitrogen and oxygen atoms in total. The molecule has 0 fully saturated rings. The van der Waals surface area contributed by atoms with Crippen molar-refractivity contribution >= 4 is 17.0 Å². The number of aliphatic hydroxyl groups is 1. The lowest BCUT2D eigenvalue weighted by atomic mass is 10.1. The molecule has 0 aliphatic carbocycles. The third kappa shape index (κ3) is 3.41. The molecule has 152 valence electrons. The van der Waals surface area contributed by atoms with E-state index in [4.69, 9.17) is 10.7 Å². The Balaban J connectivity index is 1.77. The molecule has 0 saturated carbocycles. The number of aliphatic hydroxyl groups excluding tert-OH is 1. The second kappa shape index (κ2) is 7.62. The fraction of sp³-hybridized carbons (Fsp3) is 0.0417. The lowest BCUT2D eigenvalue weighted by Crippen LogP contribution is -2.01. The second-order valence-electron chi connectivity index (χ2n) is 7.11. The smallest absolute Gasteiger partial charge is 0.178 e. The van der Waals surface area contributed by atoms with Crippen molar-refractivity contribution in [2.24, 2.45) is 0 Å². The fourth-order valence-corrected chi connectivity index (χ4v) is 3.56. The van der Waals surface area contributed by atoms with Gasteiger partial charge in [-0.1, -0.05) is 24.3 Å². The van der Waals surface area contributed by atoms with E-state index in [0.717, 1.165) is 27.9 Å². The van der Waals surface area contributed by atoms with Crippen LogP contribution in [0.4, 0.5) is 10.2 Å². The average molecular weight is 411 g/mol. The molecule has 0 aliphatic heterocycles. The van der Waals surface area contributed by atoms with Crippen molar-refractivity contribution in [1.29, 1.82) is 0 Å². The summed E-state index contributed by atoms with van der Waals surface area (Å²) < 4.78 is 15.3. The number of pyridine rings is 2. The van der Waals surface area contributed by atoms with Crippen molar-refractivity contribution in [3.8, 4) is 28.2 Å². The van der Waals surface area contributed by atoms with Gasteiger partial charge in [-0.05, 0) is 53.6 Å². The zero-order chi connectivity index (χ0) is 21.4. The lowest BCUT2D eigenvalue weighted by molar-refractivity contribution is 0.282. The van der Waals surface area contributed by atoms with Crippen molar-refractivity contribution in [3.05, 3.63) is 90.5 Å². The van der Waals surface area contributed by atoms with E-state index in [1.807, 2.05) is 47.0 Å². The van der Waals surface area contributed by atoms with Crippen LogP contribution < -0.4 is 5.73 Å². The number of halogens is 1. The van der Waals surface area contributed by atoms with Gasteiger partial charge in [0.15, 0.2) is 11.5 Å². The summed E-state index contributed by atoms with van der Waals surface area (Å²) in [6.45, 7) is -0.0381. The molecule has 5 aromatic rings. The summed E-state index contributed by atoms with van der Waals surface area (Å²) in [4.78, 5) is 13.5. The molecule has 0 aliphatic rings. The highest BCUT2D eigenvalue weighted by Crippen LogP contribution is 2.32. The highest BCUT2D eigenvalue weighted by Gasteiger charge is 2.18. The van der Waals surface area contributed by atoms with Crippen LogP contribution in [-0.2, 0) is 6.61 Å². The Morgan fingerprint density at radius 3 is 2.42 bits per heavy atom. The molecule has 0 radical (unpaired) electrons. The van der Waals surface area contributed by atoms with Gasteiger partial charge in [-0.2, -0.15) is 0 Å². The molecule has 0 amide bonds. The van der Waals surface area contributed by atoms with Crippen LogP contribution in [0.1, 0.15) is 5.56 Å². The Morgan fingerprint density at radius 1 is 0.935 bits per heavy atom. The van der Waals surface area contributed by atoms with Crippen LogP contribution in [0.3, 0.4) is 0 Å². The zero-order valence-corrected chi connectivity index (χ0v) is 16.4. The third-order valence-corrected chi connectivity index (χ3v) is 5.15. The molecule has 0 saturated heterocycles. The van der Waals surface area contributed by atoms with Gasteiger partial charge in [0.25, 0.3) is 0 Å². The van der Waals surface area contributed by atoms with Crippen molar-refractivity contribution in [3.63, 3.8) is 0 Å². The lowest BCUT2D eigenvalue weighted by Gasteiger charge is -2.11. The van der Waals surface area contributed by atoms with Gasteiger partial charge in [-0.3, -0.25) is 4.57 Å². The monoisotopic (exact) mass is 411 g/mol. The molecule has 0 spiro atoms. The minimum absolute atomic E-state index is 0.0381. The summed E-state index contributed by atoms with van der Waals surface area (Å²) in [5.41, 5.74) is 11.5. The molecule has 0 unspecified atom stereocenters. The van der Waals surface area contributed by atoms with Crippen molar-refractivity contribution in [2.75, 3.05) is 5.73 Å². The number of nitrogens with zero attached hydrogens (tertiary/aromatic N) is 4. The molecule has 2 aromatic carbocycles. The first-order valence-corrected chi connectivity index (χ1v) is 9.69. The van der Waals surface area contributed by atoms with E-state index in [0.29, 0.717) is 22.9 Å². The summed E-state index contributed by atoms with van der Waals surface area (Å²) in [5.74, 6) is 0.687. The summed E-state index contributed by atoms with van der Waals surface area (Å²) in [6, 6.07) is 19.5. The normalized spacial score (nSPS) is 11.2. The first-order valence-electron chi connectivity index (χ1n) is 9.69. The van der Waals surface area contributed by atoms with Gasteiger partial charge >= 0.3 is 0 Å². The number of benzene rings is 2. The Kier molecular flexibility index (Phi) is 4.65. The van der Waals surface area contributed by atoms with E-state index in [1.54, 1.807) is 24.5 Å². The third-order valence-electron chi connectivity index (χ3n) is 5.15. The molecule has 3 heterocycles. The van der Waals surface area contributed by atoms with Crippen LogP contribution in [0.2, 0.25) is 0 Å². The van der Waals surface area contributed by atoms with Gasteiger partial charge in [-0.25, -0.2) is 19.3 Å². The van der Waals surface area contributed by atoms with Gasteiger partial charge in [0.05, 0.1) is 17.7 Å². The molecule has 3 N–H and O–H groups in total. The predicted octanol–water partition coefficient (Wildman–Crippen LogP) is 4.36. The van der Waals surface area contributed by atoms with Crippen LogP contribution in [0.25, 0.3) is 39.4 Å². The van der Waals surface area contributed by atoms with Crippen molar-refractivity contribution in [1.82, 2.24) is 19.5 Å². The molecule has 7 heteroatoms. The first-order chi connectivity index (χ1) is 15.1. The van der Waals surface area contributed by atoms with Crippen molar-refractivity contribution in [2.45, 2.75) is 6.61 Å². The number of nitrogen functional groups attached to an aromatic ring is 1.